The van der Waals surface area contributed by atoms with Gasteiger partial charge in [0.25, 0.3) is 0 Å². The van der Waals surface area contributed by atoms with E-state index in [0.29, 0.717) is 0 Å². The van der Waals surface area contributed by atoms with Crippen molar-refractivity contribution in [1.29, 1.82) is 0 Å². The lowest BCUT2D eigenvalue weighted by Crippen LogP contribution is -2.26. The Morgan fingerprint density at radius 2 is 2.19 bits per heavy atom. The van der Waals surface area contributed by atoms with Crippen LogP contribution in [0.2, 0.25) is 0 Å². The molecule has 3 nitrogen and oxygen atoms in total. The highest BCUT2D eigenvalue weighted by atomic mass is 32.2. The molecule has 0 radical (unpaired) electrons. The molecule has 0 amide bonds. The van der Waals surface area contributed by atoms with Gasteiger partial charge in [-0.05, 0) is 32.6 Å². The lowest BCUT2D eigenvalue weighted by molar-refractivity contribution is -0.136. The van der Waals surface area contributed by atoms with E-state index in [-0.39, 0.29) is 17.0 Å². The molecule has 16 heavy (non-hydrogen) atoms. The van der Waals surface area contributed by atoms with Gasteiger partial charge in [-0.3, -0.25) is 4.79 Å². The Morgan fingerprint density at radius 1 is 1.50 bits per heavy atom. The van der Waals surface area contributed by atoms with Crippen molar-refractivity contribution in [3.63, 3.8) is 0 Å². The number of ether oxygens (including phenoxy) is 1. The van der Waals surface area contributed by atoms with E-state index in [0.717, 1.165) is 12.2 Å². The summed E-state index contributed by atoms with van der Waals surface area (Å²) in [6, 6.07) is 0. The van der Waals surface area contributed by atoms with Gasteiger partial charge in [-0.15, -0.1) is 11.8 Å². The maximum absolute atomic E-state index is 10.7. The average Bonchev–Trinajstić information content (AvgIpc) is 2.86. The number of aliphatic carboxylic acids is 1. The first-order valence-electron chi connectivity index (χ1n) is 6.14. The van der Waals surface area contributed by atoms with Gasteiger partial charge in [-0.2, -0.15) is 0 Å². The second-order valence-corrected chi connectivity index (χ2v) is 6.36. The first-order chi connectivity index (χ1) is 7.61. The standard InChI is InChI=1S/C12H20O3S/c1-9(11(13)14)16-8-10-4-7-12(15-10)5-2-3-6-12/h9-10H,2-8H2,1H3,(H,13,14). The van der Waals surface area contributed by atoms with Crippen molar-refractivity contribution in [3.05, 3.63) is 0 Å². The molecule has 4 heteroatoms. The summed E-state index contributed by atoms with van der Waals surface area (Å²) in [4.78, 5) is 10.7. The Bertz CT molecular complexity index is 261. The number of carboxylic acid groups (broad SMARTS) is 1. The molecule has 2 rings (SSSR count). The minimum absolute atomic E-state index is 0.178. The molecule has 0 aromatic carbocycles. The van der Waals surface area contributed by atoms with Gasteiger partial charge in [0.2, 0.25) is 0 Å². The van der Waals surface area contributed by atoms with Crippen molar-refractivity contribution in [1.82, 2.24) is 0 Å². The summed E-state index contributed by atoms with van der Waals surface area (Å²) in [5.41, 5.74) is 0.178. The number of hydrogen-bond donors (Lipinski definition) is 1. The minimum atomic E-state index is -0.724. The predicted octanol–water partition coefficient (Wildman–Crippen LogP) is 2.68. The second-order valence-electron chi connectivity index (χ2n) is 4.98. The first-order valence-corrected chi connectivity index (χ1v) is 7.18. The molecule has 2 aliphatic rings. The maximum atomic E-state index is 10.7. The third-order valence-electron chi connectivity index (χ3n) is 3.73. The van der Waals surface area contributed by atoms with Crippen LogP contribution in [-0.2, 0) is 9.53 Å². The van der Waals surface area contributed by atoms with Crippen LogP contribution in [0.25, 0.3) is 0 Å². The molecule has 2 unspecified atom stereocenters. The Kier molecular flexibility index (Phi) is 3.80. The normalized spacial score (nSPS) is 29.7. The van der Waals surface area contributed by atoms with E-state index >= 15 is 0 Å². The molecule has 0 aromatic heterocycles. The molecule has 1 spiro atoms. The molecule has 1 N–H and O–H groups in total. The Hall–Kier alpha value is -0.220. The number of carboxylic acids is 1. The lowest BCUT2D eigenvalue weighted by atomic mass is 9.98. The zero-order valence-corrected chi connectivity index (χ0v) is 10.6. The summed E-state index contributed by atoms with van der Waals surface area (Å²) in [5, 5.41) is 8.48. The van der Waals surface area contributed by atoms with Crippen molar-refractivity contribution >= 4 is 17.7 Å². The number of rotatable bonds is 4. The summed E-state index contributed by atoms with van der Waals surface area (Å²) in [5.74, 6) is 0.105. The molecule has 1 saturated heterocycles. The summed E-state index contributed by atoms with van der Waals surface area (Å²) < 4.78 is 6.13. The zero-order valence-electron chi connectivity index (χ0n) is 9.78. The minimum Gasteiger partial charge on any atom is -0.480 e. The van der Waals surface area contributed by atoms with Gasteiger partial charge in [0.05, 0.1) is 17.0 Å². The van der Waals surface area contributed by atoms with Crippen LogP contribution in [0.3, 0.4) is 0 Å². The van der Waals surface area contributed by atoms with Crippen molar-refractivity contribution in [2.45, 2.75) is 62.4 Å². The Morgan fingerprint density at radius 3 is 2.81 bits per heavy atom. The van der Waals surface area contributed by atoms with Crippen molar-refractivity contribution < 1.29 is 14.6 Å². The van der Waals surface area contributed by atoms with E-state index in [2.05, 4.69) is 0 Å². The Labute approximate surface area is 101 Å². The fourth-order valence-electron chi connectivity index (χ4n) is 2.72. The number of hydrogen-bond acceptors (Lipinski definition) is 3. The highest BCUT2D eigenvalue weighted by Gasteiger charge is 2.42. The van der Waals surface area contributed by atoms with E-state index in [1.807, 2.05) is 0 Å². The van der Waals surface area contributed by atoms with Crippen LogP contribution in [0.15, 0.2) is 0 Å². The van der Waals surface area contributed by atoms with Gasteiger partial charge in [0, 0.05) is 5.75 Å². The van der Waals surface area contributed by atoms with Crippen molar-refractivity contribution in [2.24, 2.45) is 0 Å². The number of carbonyl (C=O) groups is 1. The molecular weight excluding hydrogens is 224 g/mol. The van der Waals surface area contributed by atoms with Gasteiger partial charge in [-0.1, -0.05) is 12.8 Å². The van der Waals surface area contributed by atoms with E-state index in [4.69, 9.17) is 9.84 Å². The van der Waals surface area contributed by atoms with E-state index < -0.39 is 5.97 Å². The monoisotopic (exact) mass is 244 g/mol. The van der Waals surface area contributed by atoms with Gasteiger partial charge in [-0.25, -0.2) is 0 Å². The summed E-state index contributed by atoms with van der Waals surface area (Å²) in [6.45, 7) is 1.74. The van der Waals surface area contributed by atoms with Crippen LogP contribution in [0.1, 0.15) is 45.4 Å². The van der Waals surface area contributed by atoms with Crippen LogP contribution >= 0.6 is 11.8 Å². The molecule has 1 saturated carbocycles. The SMILES string of the molecule is CC(SCC1CCC2(CCCC2)O1)C(=O)O. The third-order valence-corrected chi connectivity index (χ3v) is 5.00. The van der Waals surface area contributed by atoms with Crippen molar-refractivity contribution in [2.75, 3.05) is 5.75 Å². The van der Waals surface area contributed by atoms with Gasteiger partial charge in [0.15, 0.2) is 0 Å². The molecule has 0 bridgehead atoms. The van der Waals surface area contributed by atoms with Gasteiger partial charge in [0.1, 0.15) is 0 Å². The molecule has 0 aromatic rings. The molecule has 2 atom stereocenters. The van der Waals surface area contributed by atoms with Crippen LogP contribution < -0.4 is 0 Å². The Balaban J connectivity index is 1.74. The predicted molar refractivity (Wildman–Crippen MR) is 64.9 cm³/mol. The molecule has 1 heterocycles. The van der Waals surface area contributed by atoms with E-state index in [9.17, 15) is 4.79 Å². The average molecular weight is 244 g/mol. The maximum Gasteiger partial charge on any atom is 0.316 e. The first kappa shape index (κ1) is 12.2. The fourth-order valence-corrected chi connectivity index (χ4v) is 3.60. The largest absolute Gasteiger partial charge is 0.480 e. The van der Waals surface area contributed by atoms with Crippen LogP contribution in [-0.4, -0.2) is 33.8 Å². The van der Waals surface area contributed by atoms with E-state index in [1.54, 1.807) is 6.92 Å². The number of thioether (sulfide) groups is 1. The second kappa shape index (κ2) is 4.96. The topological polar surface area (TPSA) is 46.5 Å². The molecule has 1 aliphatic heterocycles. The smallest absolute Gasteiger partial charge is 0.316 e. The molecular formula is C12H20O3S. The van der Waals surface area contributed by atoms with Crippen LogP contribution in [0.4, 0.5) is 0 Å². The highest BCUT2D eigenvalue weighted by Crippen LogP contribution is 2.43. The van der Waals surface area contributed by atoms with Gasteiger partial charge >= 0.3 is 5.97 Å². The van der Waals surface area contributed by atoms with E-state index in [1.165, 1.54) is 43.9 Å². The lowest BCUT2D eigenvalue weighted by Gasteiger charge is -2.23. The van der Waals surface area contributed by atoms with Gasteiger partial charge < -0.3 is 9.84 Å². The zero-order chi connectivity index (χ0) is 11.6. The van der Waals surface area contributed by atoms with Crippen molar-refractivity contribution in [3.8, 4) is 0 Å². The summed E-state index contributed by atoms with van der Waals surface area (Å²) in [7, 11) is 0. The molecule has 1 aliphatic carbocycles. The van der Waals surface area contributed by atoms with Crippen LogP contribution in [0, 0.1) is 0 Å². The summed E-state index contributed by atoms with van der Waals surface area (Å²) in [6.07, 6.45) is 7.59. The van der Waals surface area contributed by atoms with Crippen LogP contribution in [0.5, 0.6) is 0 Å². The molecule has 2 fully saturated rings. The summed E-state index contributed by atoms with van der Waals surface area (Å²) >= 11 is 1.50. The third kappa shape index (κ3) is 2.72. The highest BCUT2D eigenvalue weighted by molar-refractivity contribution is 8.00. The molecule has 92 valence electrons. The quantitative estimate of drug-likeness (QED) is 0.826. The fraction of sp³-hybridized carbons (Fsp3) is 0.917.